The highest BCUT2D eigenvalue weighted by atomic mass is 16.3. The molecular formula is C18H25N3O3. The number of nitrogens with one attached hydrogen (secondary N) is 2. The van der Waals surface area contributed by atoms with Crippen LogP contribution in [0.2, 0.25) is 0 Å². The van der Waals surface area contributed by atoms with E-state index < -0.39 is 0 Å². The zero-order chi connectivity index (χ0) is 17.7. The Balaban J connectivity index is 2.15. The summed E-state index contributed by atoms with van der Waals surface area (Å²) in [6, 6.07) is 7.23. The second kappa shape index (κ2) is 7.97. The van der Waals surface area contributed by atoms with E-state index in [0.29, 0.717) is 0 Å². The van der Waals surface area contributed by atoms with Crippen molar-refractivity contribution in [1.29, 1.82) is 0 Å². The van der Waals surface area contributed by atoms with Crippen molar-refractivity contribution in [3.63, 3.8) is 0 Å². The molecule has 0 bridgehead atoms. The molecule has 2 amide bonds. The lowest BCUT2D eigenvalue weighted by Crippen LogP contribution is -2.43. The summed E-state index contributed by atoms with van der Waals surface area (Å²) in [5, 5.41) is 16.0. The number of aromatic nitrogens is 1. The number of carbonyl (C=O) groups excluding carboxylic acids is 2. The standard InChI is InChI=1S/C18H25N3O3/c1-4-12(2)16(11-22)20-18(24)10-21-9-8-14-15(19-13(3)23)6-5-7-17(14)21/h5-9,12,16,22H,4,10-11H2,1-3H3,(H,19,23)(H,20,24)/t12-,16+/m0/s1. The Hall–Kier alpha value is -2.34. The number of benzene rings is 1. The average Bonchev–Trinajstić information content (AvgIpc) is 2.95. The van der Waals surface area contributed by atoms with E-state index in [1.807, 2.05) is 48.9 Å². The van der Waals surface area contributed by atoms with Crippen LogP contribution in [0.3, 0.4) is 0 Å². The second-order valence-corrected chi connectivity index (χ2v) is 6.11. The van der Waals surface area contributed by atoms with Gasteiger partial charge in [0, 0.05) is 18.5 Å². The summed E-state index contributed by atoms with van der Waals surface area (Å²) in [6.45, 7) is 5.60. The first-order chi connectivity index (χ1) is 11.5. The van der Waals surface area contributed by atoms with Crippen molar-refractivity contribution in [2.24, 2.45) is 5.92 Å². The lowest BCUT2D eigenvalue weighted by atomic mass is 10.00. The number of fused-ring (bicyclic) bond motifs is 1. The van der Waals surface area contributed by atoms with Gasteiger partial charge in [-0.15, -0.1) is 0 Å². The van der Waals surface area contributed by atoms with Gasteiger partial charge in [0.25, 0.3) is 0 Å². The Kier molecular flexibility index (Phi) is 5.98. The van der Waals surface area contributed by atoms with Crippen LogP contribution in [0.4, 0.5) is 5.69 Å². The Morgan fingerprint density at radius 1 is 1.29 bits per heavy atom. The summed E-state index contributed by atoms with van der Waals surface area (Å²) in [4.78, 5) is 23.6. The van der Waals surface area contributed by atoms with Gasteiger partial charge in [-0.2, -0.15) is 0 Å². The van der Waals surface area contributed by atoms with Crippen molar-refractivity contribution in [3.05, 3.63) is 30.5 Å². The number of amides is 2. The lowest BCUT2D eigenvalue weighted by Gasteiger charge is -2.22. The van der Waals surface area contributed by atoms with Crippen molar-refractivity contribution in [3.8, 4) is 0 Å². The Morgan fingerprint density at radius 2 is 2.04 bits per heavy atom. The number of anilines is 1. The smallest absolute Gasteiger partial charge is 0.240 e. The molecule has 2 atom stereocenters. The van der Waals surface area contributed by atoms with Crippen molar-refractivity contribution < 1.29 is 14.7 Å². The Bertz CT molecular complexity index is 723. The van der Waals surface area contributed by atoms with E-state index in [1.54, 1.807) is 0 Å². The van der Waals surface area contributed by atoms with Crippen LogP contribution in [0.15, 0.2) is 30.5 Å². The first-order valence-corrected chi connectivity index (χ1v) is 8.22. The molecule has 0 saturated heterocycles. The lowest BCUT2D eigenvalue weighted by molar-refractivity contribution is -0.123. The number of carbonyl (C=O) groups is 2. The van der Waals surface area contributed by atoms with Crippen molar-refractivity contribution >= 4 is 28.4 Å². The van der Waals surface area contributed by atoms with Gasteiger partial charge in [-0.1, -0.05) is 26.3 Å². The monoisotopic (exact) mass is 331 g/mol. The highest BCUT2D eigenvalue weighted by molar-refractivity contribution is 6.01. The van der Waals surface area contributed by atoms with E-state index in [1.165, 1.54) is 6.92 Å². The first-order valence-electron chi connectivity index (χ1n) is 8.22. The molecule has 24 heavy (non-hydrogen) atoms. The molecule has 2 aromatic rings. The average molecular weight is 331 g/mol. The summed E-state index contributed by atoms with van der Waals surface area (Å²) in [5.74, 6) is -0.0594. The fourth-order valence-electron chi connectivity index (χ4n) is 2.72. The molecule has 0 fully saturated rings. The first kappa shape index (κ1) is 18.0. The molecule has 0 aliphatic heterocycles. The summed E-state index contributed by atoms with van der Waals surface area (Å²) in [6.07, 6.45) is 2.71. The molecule has 0 unspecified atom stereocenters. The number of rotatable bonds is 7. The number of hydrogen-bond donors (Lipinski definition) is 3. The van der Waals surface area contributed by atoms with E-state index in [9.17, 15) is 14.7 Å². The summed E-state index contributed by atoms with van der Waals surface area (Å²) < 4.78 is 1.83. The van der Waals surface area contributed by atoms with Gasteiger partial charge in [-0.25, -0.2) is 0 Å². The summed E-state index contributed by atoms with van der Waals surface area (Å²) in [7, 11) is 0. The summed E-state index contributed by atoms with van der Waals surface area (Å²) >= 11 is 0. The Labute approximate surface area is 141 Å². The maximum Gasteiger partial charge on any atom is 0.240 e. The Morgan fingerprint density at radius 3 is 2.67 bits per heavy atom. The molecule has 1 aromatic heterocycles. The third-order valence-electron chi connectivity index (χ3n) is 4.31. The predicted octanol–water partition coefficient (Wildman–Crippen LogP) is 2.12. The number of aliphatic hydroxyl groups excluding tert-OH is 1. The molecule has 1 heterocycles. The van der Waals surface area contributed by atoms with Crippen LogP contribution in [0.5, 0.6) is 0 Å². The third-order valence-corrected chi connectivity index (χ3v) is 4.31. The van der Waals surface area contributed by atoms with Gasteiger partial charge in [-0.05, 0) is 24.1 Å². The molecular weight excluding hydrogens is 306 g/mol. The van der Waals surface area contributed by atoms with Gasteiger partial charge in [0.1, 0.15) is 6.54 Å². The van der Waals surface area contributed by atoms with Crippen LogP contribution in [-0.2, 0) is 16.1 Å². The molecule has 0 spiro atoms. The molecule has 0 radical (unpaired) electrons. The van der Waals surface area contributed by atoms with Gasteiger partial charge in [0.2, 0.25) is 11.8 Å². The molecule has 6 nitrogen and oxygen atoms in total. The summed E-state index contributed by atoms with van der Waals surface area (Å²) in [5.41, 5.74) is 1.60. The van der Waals surface area contributed by atoms with Crippen LogP contribution in [0.25, 0.3) is 10.9 Å². The molecule has 0 aliphatic carbocycles. The SMILES string of the molecule is CC[C@H](C)[C@@H](CO)NC(=O)Cn1ccc2c(NC(C)=O)cccc21. The minimum Gasteiger partial charge on any atom is -0.394 e. The van der Waals surface area contributed by atoms with E-state index in [0.717, 1.165) is 23.0 Å². The predicted molar refractivity (Wildman–Crippen MR) is 94.7 cm³/mol. The van der Waals surface area contributed by atoms with E-state index in [-0.39, 0.29) is 36.9 Å². The maximum absolute atomic E-state index is 12.3. The van der Waals surface area contributed by atoms with E-state index in [2.05, 4.69) is 10.6 Å². The van der Waals surface area contributed by atoms with Crippen LogP contribution in [0, 0.1) is 5.92 Å². The number of hydrogen-bond acceptors (Lipinski definition) is 3. The van der Waals surface area contributed by atoms with Gasteiger partial charge in [0.15, 0.2) is 0 Å². The molecule has 0 saturated carbocycles. The molecule has 6 heteroatoms. The fraction of sp³-hybridized carbons (Fsp3) is 0.444. The fourth-order valence-corrected chi connectivity index (χ4v) is 2.72. The van der Waals surface area contributed by atoms with Gasteiger partial charge in [-0.3, -0.25) is 9.59 Å². The molecule has 130 valence electrons. The van der Waals surface area contributed by atoms with Gasteiger partial charge in [0.05, 0.1) is 23.9 Å². The topological polar surface area (TPSA) is 83.4 Å². The zero-order valence-corrected chi connectivity index (χ0v) is 14.4. The van der Waals surface area contributed by atoms with Crippen molar-refractivity contribution in [1.82, 2.24) is 9.88 Å². The van der Waals surface area contributed by atoms with Crippen molar-refractivity contribution in [2.75, 3.05) is 11.9 Å². The quantitative estimate of drug-likeness (QED) is 0.727. The minimum absolute atomic E-state index is 0.0696. The highest BCUT2D eigenvalue weighted by Crippen LogP contribution is 2.24. The van der Waals surface area contributed by atoms with Crippen molar-refractivity contribution in [2.45, 2.75) is 39.8 Å². The third kappa shape index (κ3) is 4.14. The van der Waals surface area contributed by atoms with Crippen LogP contribution in [-0.4, -0.2) is 34.1 Å². The highest BCUT2D eigenvalue weighted by Gasteiger charge is 2.18. The minimum atomic E-state index is -0.237. The molecule has 2 rings (SSSR count). The number of nitrogens with zero attached hydrogens (tertiary/aromatic N) is 1. The van der Waals surface area contributed by atoms with Gasteiger partial charge < -0.3 is 20.3 Å². The van der Waals surface area contributed by atoms with E-state index in [4.69, 9.17) is 0 Å². The second-order valence-electron chi connectivity index (χ2n) is 6.11. The van der Waals surface area contributed by atoms with Crippen LogP contribution >= 0.6 is 0 Å². The normalized spacial score (nSPS) is 13.5. The van der Waals surface area contributed by atoms with Crippen LogP contribution < -0.4 is 10.6 Å². The van der Waals surface area contributed by atoms with E-state index >= 15 is 0 Å². The molecule has 0 aliphatic rings. The molecule has 1 aromatic carbocycles. The van der Waals surface area contributed by atoms with Crippen LogP contribution in [0.1, 0.15) is 27.2 Å². The van der Waals surface area contributed by atoms with Gasteiger partial charge >= 0.3 is 0 Å². The molecule has 3 N–H and O–H groups in total. The maximum atomic E-state index is 12.3. The zero-order valence-electron chi connectivity index (χ0n) is 14.4. The number of aliphatic hydroxyl groups is 1. The largest absolute Gasteiger partial charge is 0.394 e.